The Morgan fingerprint density at radius 1 is 1.21 bits per heavy atom. The summed E-state index contributed by atoms with van der Waals surface area (Å²) in [6.07, 6.45) is -3.68. The number of aromatic nitrogens is 2. The number of halogens is 2. The number of amides is 1. The van der Waals surface area contributed by atoms with Crippen LogP contribution in [0.15, 0.2) is 36.4 Å². The molecule has 0 saturated heterocycles. The largest absolute Gasteiger partial charge is 0.586 e. The molecule has 0 fully saturated rings. The number of hydrogen-bond donors (Lipinski definition) is 2. The van der Waals surface area contributed by atoms with Crippen LogP contribution in [-0.4, -0.2) is 22.2 Å². The van der Waals surface area contributed by atoms with Crippen molar-refractivity contribution in [1.29, 1.82) is 0 Å². The van der Waals surface area contributed by atoms with Gasteiger partial charge in [-0.15, -0.1) is 8.78 Å². The molecule has 2 aromatic carbocycles. The maximum Gasteiger partial charge on any atom is 0.586 e. The van der Waals surface area contributed by atoms with Gasteiger partial charge in [0.2, 0.25) is 5.95 Å². The Balaban J connectivity index is 1.61. The number of nitrogens with zero attached hydrogens (tertiary/aromatic N) is 1. The lowest BCUT2D eigenvalue weighted by molar-refractivity contribution is -0.286. The molecule has 0 radical (unpaired) electrons. The van der Waals surface area contributed by atoms with Gasteiger partial charge in [-0.25, -0.2) is 4.98 Å². The van der Waals surface area contributed by atoms with Crippen LogP contribution >= 0.6 is 0 Å². The maximum absolute atomic E-state index is 13.0. The van der Waals surface area contributed by atoms with Gasteiger partial charge in [0.05, 0.1) is 11.0 Å². The Bertz CT molecular complexity index is 923. The average molecular weight is 331 g/mol. The molecule has 1 aliphatic heterocycles. The molecular formula is C16H11F2N3O3. The van der Waals surface area contributed by atoms with E-state index in [0.29, 0.717) is 16.6 Å². The minimum Gasteiger partial charge on any atom is -0.395 e. The van der Waals surface area contributed by atoms with E-state index in [4.69, 9.17) is 0 Å². The van der Waals surface area contributed by atoms with Crippen LogP contribution in [0.3, 0.4) is 0 Å². The van der Waals surface area contributed by atoms with E-state index in [9.17, 15) is 13.6 Å². The highest BCUT2D eigenvalue weighted by molar-refractivity contribution is 6.04. The number of hydrogen-bond acceptors (Lipinski definition) is 4. The number of nitrogens with one attached hydrogen (secondary N) is 2. The van der Waals surface area contributed by atoms with Crippen LogP contribution in [0.5, 0.6) is 11.5 Å². The lowest BCUT2D eigenvalue weighted by Gasteiger charge is -2.04. The second-order valence-corrected chi connectivity index (χ2v) is 5.39. The normalized spacial score (nSPS) is 14.8. The Labute approximate surface area is 134 Å². The van der Waals surface area contributed by atoms with E-state index in [1.807, 2.05) is 13.0 Å². The molecule has 1 aliphatic rings. The zero-order chi connectivity index (χ0) is 16.9. The quantitative estimate of drug-likeness (QED) is 0.754. The van der Waals surface area contributed by atoms with Gasteiger partial charge < -0.3 is 14.5 Å². The van der Waals surface area contributed by atoms with Crippen LogP contribution in [0.1, 0.15) is 15.9 Å². The van der Waals surface area contributed by atoms with Crippen molar-refractivity contribution in [2.75, 3.05) is 5.32 Å². The van der Waals surface area contributed by atoms with E-state index < -0.39 is 6.29 Å². The maximum atomic E-state index is 13.0. The second-order valence-electron chi connectivity index (χ2n) is 5.39. The number of alkyl halides is 2. The van der Waals surface area contributed by atoms with E-state index >= 15 is 0 Å². The number of benzene rings is 2. The van der Waals surface area contributed by atoms with E-state index in [2.05, 4.69) is 24.8 Å². The van der Waals surface area contributed by atoms with Gasteiger partial charge in [0.1, 0.15) is 0 Å². The number of aromatic amines is 1. The first-order valence-corrected chi connectivity index (χ1v) is 7.07. The highest BCUT2D eigenvalue weighted by atomic mass is 19.3. The molecule has 0 spiro atoms. The van der Waals surface area contributed by atoms with Crippen molar-refractivity contribution in [2.24, 2.45) is 0 Å². The third-order valence-corrected chi connectivity index (χ3v) is 3.52. The summed E-state index contributed by atoms with van der Waals surface area (Å²) in [6.45, 7) is 1.88. The van der Waals surface area contributed by atoms with E-state index in [1.165, 1.54) is 12.1 Å². The zero-order valence-electron chi connectivity index (χ0n) is 12.4. The van der Waals surface area contributed by atoms with Crippen LogP contribution in [0.25, 0.3) is 11.0 Å². The predicted octanol–water partition coefficient (Wildman–Crippen LogP) is 3.45. The number of carbonyl (C=O) groups excluding carboxylic acids is 1. The first-order chi connectivity index (χ1) is 11.4. The van der Waals surface area contributed by atoms with Gasteiger partial charge >= 0.3 is 6.29 Å². The fourth-order valence-electron chi connectivity index (χ4n) is 2.48. The van der Waals surface area contributed by atoms with Gasteiger partial charge in [-0.2, -0.15) is 0 Å². The number of ether oxygens (including phenoxy) is 2. The van der Waals surface area contributed by atoms with Gasteiger partial charge in [0.15, 0.2) is 11.5 Å². The summed E-state index contributed by atoms with van der Waals surface area (Å²) in [5.41, 5.74) is 2.26. The SMILES string of the molecule is Cc1cccc(C(=O)Nc2nc3cc4c(cc3[nH]2)OC(F)(F)O4)c1. The summed E-state index contributed by atoms with van der Waals surface area (Å²) >= 11 is 0. The van der Waals surface area contributed by atoms with E-state index in [0.717, 1.165) is 5.56 Å². The summed E-state index contributed by atoms with van der Waals surface area (Å²) in [4.78, 5) is 19.2. The molecule has 0 unspecified atom stereocenters. The van der Waals surface area contributed by atoms with Gasteiger partial charge in [0, 0.05) is 17.7 Å². The topological polar surface area (TPSA) is 76.2 Å². The summed E-state index contributed by atoms with van der Waals surface area (Å²) in [6, 6.07) is 9.77. The summed E-state index contributed by atoms with van der Waals surface area (Å²) in [5.74, 6) is -0.320. The molecule has 122 valence electrons. The smallest absolute Gasteiger partial charge is 0.395 e. The molecule has 3 aromatic rings. The monoisotopic (exact) mass is 331 g/mol. The van der Waals surface area contributed by atoms with Crippen LogP contribution in [-0.2, 0) is 0 Å². The second kappa shape index (κ2) is 4.92. The number of rotatable bonds is 2. The van der Waals surface area contributed by atoms with Gasteiger partial charge in [0.25, 0.3) is 5.91 Å². The van der Waals surface area contributed by atoms with Crippen LogP contribution < -0.4 is 14.8 Å². The number of H-pyrrole nitrogens is 1. The molecule has 2 heterocycles. The van der Waals surface area contributed by atoms with Gasteiger partial charge in [-0.05, 0) is 19.1 Å². The lowest BCUT2D eigenvalue weighted by Crippen LogP contribution is -2.25. The Morgan fingerprint density at radius 2 is 1.96 bits per heavy atom. The molecule has 4 rings (SSSR count). The molecule has 0 saturated carbocycles. The Hall–Kier alpha value is -3.16. The van der Waals surface area contributed by atoms with Crippen LogP contribution in [0.4, 0.5) is 14.7 Å². The van der Waals surface area contributed by atoms with Crippen LogP contribution in [0.2, 0.25) is 0 Å². The van der Waals surface area contributed by atoms with Gasteiger partial charge in [-0.3, -0.25) is 10.1 Å². The van der Waals surface area contributed by atoms with Crippen molar-refractivity contribution in [1.82, 2.24) is 9.97 Å². The van der Waals surface area contributed by atoms with Crippen molar-refractivity contribution < 1.29 is 23.0 Å². The molecule has 2 N–H and O–H groups in total. The summed E-state index contributed by atoms with van der Waals surface area (Å²) < 4.78 is 34.8. The minimum atomic E-state index is -3.68. The number of carbonyl (C=O) groups is 1. The predicted molar refractivity (Wildman–Crippen MR) is 81.4 cm³/mol. The first-order valence-electron chi connectivity index (χ1n) is 7.07. The summed E-state index contributed by atoms with van der Waals surface area (Å²) in [7, 11) is 0. The fourth-order valence-corrected chi connectivity index (χ4v) is 2.48. The Kier molecular flexibility index (Phi) is 2.96. The van der Waals surface area contributed by atoms with Crippen molar-refractivity contribution in [3.8, 4) is 11.5 Å². The summed E-state index contributed by atoms with van der Waals surface area (Å²) in [5, 5.41) is 2.63. The molecule has 6 nitrogen and oxygen atoms in total. The Morgan fingerprint density at radius 3 is 2.71 bits per heavy atom. The van der Waals surface area contributed by atoms with E-state index in [-0.39, 0.29) is 23.4 Å². The first kappa shape index (κ1) is 14.4. The molecule has 0 bridgehead atoms. The van der Waals surface area contributed by atoms with Gasteiger partial charge in [-0.1, -0.05) is 17.7 Å². The number of fused-ring (bicyclic) bond motifs is 2. The fraction of sp³-hybridized carbons (Fsp3) is 0.125. The van der Waals surface area contributed by atoms with Crippen molar-refractivity contribution >= 4 is 22.9 Å². The highest BCUT2D eigenvalue weighted by Gasteiger charge is 2.43. The van der Waals surface area contributed by atoms with Crippen LogP contribution in [0, 0.1) is 6.92 Å². The molecule has 1 amide bonds. The zero-order valence-corrected chi connectivity index (χ0v) is 12.4. The molecule has 8 heteroatoms. The number of aryl methyl sites for hydroxylation is 1. The minimum absolute atomic E-state index is 0.0901. The van der Waals surface area contributed by atoms with E-state index in [1.54, 1.807) is 18.2 Å². The van der Waals surface area contributed by atoms with Crippen molar-refractivity contribution in [3.63, 3.8) is 0 Å². The third-order valence-electron chi connectivity index (χ3n) is 3.52. The highest BCUT2D eigenvalue weighted by Crippen LogP contribution is 2.42. The standard InChI is InChI=1S/C16H11F2N3O3/c1-8-3-2-4-9(5-8)14(22)21-15-19-10-6-12-13(7-11(10)20-15)24-16(17,18)23-12/h2-7H,1H3,(H2,19,20,21,22). The molecule has 0 aliphatic carbocycles. The van der Waals surface area contributed by atoms with Crippen molar-refractivity contribution in [2.45, 2.75) is 13.2 Å². The number of imidazole rings is 1. The number of anilines is 1. The molecule has 24 heavy (non-hydrogen) atoms. The molecule has 1 aromatic heterocycles. The average Bonchev–Trinajstić information content (AvgIpc) is 3.01. The lowest BCUT2D eigenvalue weighted by atomic mass is 10.1. The molecule has 0 atom stereocenters. The van der Waals surface area contributed by atoms with Crippen molar-refractivity contribution in [3.05, 3.63) is 47.5 Å². The third kappa shape index (κ3) is 2.51. The molecular weight excluding hydrogens is 320 g/mol.